The summed E-state index contributed by atoms with van der Waals surface area (Å²) < 4.78 is 15.9. The number of benzene rings is 1. The highest BCUT2D eigenvalue weighted by atomic mass is 16.5. The molecular weight excluding hydrogens is 396 g/mol. The van der Waals surface area contributed by atoms with Gasteiger partial charge in [-0.25, -0.2) is 9.59 Å². The summed E-state index contributed by atoms with van der Waals surface area (Å²) in [6.07, 6.45) is 6.62. The lowest BCUT2D eigenvalue weighted by Gasteiger charge is -2.18. The van der Waals surface area contributed by atoms with Crippen LogP contribution in [0.4, 0.5) is 5.69 Å². The second kappa shape index (κ2) is 12.2. The standard InChI is InChI=1S/C24H28N2O5/c1-4-29-24(28)19(17-25)13-14-22-26(20-11-7-8-12-21(20)31-22)15-9-5-6-10-16-30-23(27)18(2)3/h7-8,11-14H,2,4-6,9-10,15-16H2,1,3H3/b19-13+,22-14-. The van der Waals surface area contributed by atoms with Crippen molar-refractivity contribution in [1.82, 2.24) is 0 Å². The Labute approximate surface area is 183 Å². The Hall–Kier alpha value is -3.53. The number of esters is 2. The van der Waals surface area contributed by atoms with Gasteiger partial charge in [-0.2, -0.15) is 5.26 Å². The van der Waals surface area contributed by atoms with Crippen molar-refractivity contribution in [1.29, 1.82) is 5.26 Å². The summed E-state index contributed by atoms with van der Waals surface area (Å²) in [6.45, 7) is 8.18. The van der Waals surface area contributed by atoms with E-state index < -0.39 is 5.97 Å². The van der Waals surface area contributed by atoms with E-state index in [1.165, 1.54) is 6.08 Å². The van der Waals surface area contributed by atoms with E-state index in [1.807, 2.05) is 35.2 Å². The van der Waals surface area contributed by atoms with E-state index in [2.05, 4.69) is 6.58 Å². The quantitative estimate of drug-likeness (QED) is 0.225. The molecule has 0 atom stereocenters. The summed E-state index contributed by atoms with van der Waals surface area (Å²) in [6, 6.07) is 9.52. The molecule has 0 N–H and O–H groups in total. The molecule has 1 aliphatic heterocycles. The number of carbonyl (C=O) groups is 2. The Morgan fingerprint density at radius 1 is 1.16 bits per heavy atom. The molecule has 0 bridgehead atoms. The molecule has 31 heavy (non-hydrogen) atoms. The maximum Gasteiger partial charge on any atom is 0.348 e. The summed E-state index contributed by atoms with van der Waals surface area (Å²) in [4.78, 5) is 25.2. The van der Waals surface area contributed by atoms with Crippen LogP contribution in [0.2, 0.25) is 0 Å². The van der Waals surface area contributed by atoms with E-state index in [4.69, 9.17) is 14.2 Å². The first-order valence-corrected chi connectivity index (χ1v) is 10.3. The molecule has 0 aromatic heterocycles. The van der Waals surface area contributed by atoms with Gasteiger partial charge >= 0.3 is 11.9 Å². The highest BCUT2D eigenvalue weighted by Gasteiger charge is 2.25. The molecule has 0 fully saturated rings. The monoisotopic (exact) mass is 424 g/mol. The topological polar surface area (TPSA) is 88.9 Å². The lowest BCUT2D eigenvalue weighted by Crippen LogP contribution is -2.21. The van der Waals surface area contributed by atoms with Gasteiger partial charge in [0.2, 0.25) is 5.88 Å². The molecule has 7 nitrogen and oxygen atoms in total. The van der Waals surface area contributed by atoms with Crippen molar-refractivity contribution in [2.75, 3.05) is 24.7 Å². The van der Waals surface area contributed by atoms with Gasteiger partial charge in [-0.15, -0.1) is 0 Å². The largest absolute Gasteiger partial charge is 0.462 e. The number of fused-ring (bicyclic) bond motifs is 1. The fourth-order valence-corrected chi connectivity index (χ4v) is 2.94. The van der Waals surface area contributed by atoms with Gasteiger partial charge in [0, 0.05) is 18.2 Å². The smallest absolute Gasteiger partial charge is 0.348 e. The lowest BCUT2D eigenvalue weighted by atomic mass is 10.2. The number of unbranched alkanes of at least 4 members (excludes halogenated alkanes) is 3. The molecule has 0 radical (unpaired) electrons. The van der Waals surface area contributed by atoms with E-state index >= 15 is 0 Å². The zero-order valence-corrected chi connectivity index (χ0v) is 18.1. The summed E-state index contributed by atoms with van der Waals surface area (Å²) in [5.74, 6) is 0.265. The summed E-state index contributed by atoms with van der Waals surface area (Å²) in [5, 5.41) is 9.21. The van der Waals surface area contributed by atoms with E-state index in [1.54, 1.807) is 19.9 Å². The van der Waals surface area contributed by atoms with Gasteiger partial charge in [-0.05, 0) is 51.3 Å². The van der Waals surface area contributed by atoms with Crippen molar-refractivity contribution in [2.45, 2.75) is 39.5 Å². The van der Waals surface area contributed by atoms with Crippen LogP contribution < -0.4 is 9.64 Å². The molecule has 2 rings (SSSR count). The van der Waals surface area contributed by atoms with Gasteiger partial charge in [-0.3, -0.25) is 0 Å². The number of ether oxygens (including phenoxy) is 3. The van der Waals surface area contributed by atoms with Crippen LogP contribution in [0.15, 0.2) is 60.0 Å². The SMILES string of the molecule is C=C(C)C(=O)OCCCCCCN1/C(=C/C=C(\C#N)C(=O)OCC)Oc2ccccc21. The van der Waals surface area contributed by atoms with Crippen molar-refractivity contribution >= 4 is 17.6 Å². The molecule has 1 heterocycles. The first-order valence-electron chi connectivity index (χ1n) is 10.3. The van der Waals surface area contributed by atoms with Crippen LogP contribution >= 0.6 is 0 Å². The zero-order chi connectivity index (χ0) is 22.6. The third-order valence-electron chi connectivity index (χ3n) is 4.50. The molecule has 0 aliphatic carbocycles. The molecule has 1 aliphatic rings. The maximum absolute atomic E-state index is 11.8. The Morgan fingerprint density at radius 2 is 1.90 bits per heavy atom. The van der Waals surface area contributed by atoms with E-state index in [0.29, 0.717) is 24.6 Å². The van der Waals surface area contributed by atoms with Crippen LogP contribution in [-0.2, 0) is 19.1 Å². The van der Waals surface area contributed by atoms with Crippen molar-refractivity contribution in [3.8, 4) is 11.8 Å². The molecule has 1 aromatic rings. The molecule has 0 spiro atoms. The van der Waals surface area contributed by atoms with Gasteiger partial charge in [0.15, 0.2) is 5.75 Å². The predicted octanol–water partition coefficient (Wildman–Crippen LogP) is 4.42. The fourth-order valence-electron chi connectivity index (χ4n) is 2.94. The first kappa shape index (κ1) is 23.7. The lowest BCUT2D eigenvalue weighted by molar-refractivity contribution is -0.139. The molecular formula is C24H28N2O5. The van der Waals surface area contributed by atoms with Gasteiger partial charge < -0.3 is 19.1 Å². The maximum atomic E-state index is 11.8. The third kappa shape index (κ3) is 7.03. The van der Waals surface area contributed by atoms with Crippen LogP contribution in [0.3, 0.4) is 0 Å². The van der Waals surface area contributed by atoms with Crippen molar-refractivity contribution in [2.24, 2.45) is 0 Å². The fraction of sp³-hybridized carbons (Fsp3) is 0.375. The summed E-state index contributed by atoms with van der Waals surface area (Å²) >= 11 is 0. The van der Waals surface area contributed by atoms with Crippen LogP contribution in [0.5, 0.6) is 5.75 Å². The average Bonchev–Trinajstić information content (AvgIpc) is 3.11. The zero-order valence-electron chi connectivity index (χ0n) is 18.1. The van der Waals surface area contributed by atoms with Crippen LogP contribution in [0.25, 0.3) is 0 Å². The Bertz CT molecular complexity index is 911. The van der Waals surface area contributed by atoms with Crippen LogP contribution in [-0.4, -0.2) is 31.7 Å². The molecule has 0 unspecified atom stereocenters. The minimum absolute atomic E-state index is 0.0850. The average molecular weight is 424 g/mol. The second-order valence-corrected chi connectivity index (χ2v) is 6.97. The number of carbonyl (C=O) groups excluding carboxylic acids is 2. The normalized spacial score (nSPS) is 13.9. The number of para-hydroxylation sites is 2. The number of anilines is 1. The van der Waals surface area contributed by atoms with Gasteiger partial charge in [0.25, 0.3) is 0 Å². The number of hydrogen-bond acceptors (Lipinski definition) is 7. The highest BCUT2D eigenvalue weighted by molar-refractivity contribution is 5.93. The number of rotatable bonds is 11. The van der Waals surface area contributed by atoms with Crippen molar-refractivity contribution in [3.63, 3.8) is 0 Å². The summed E-state index contributed by atoms with van der Waals surface area (Å²) in [5.41, 5.74) is 1.26. The Morgan fingerprint density at radius 3 is 2.61 bits per heavy atom. The third-order valence-corrected chi connectivity index (χ3v) is 4.50. The van der Waals surface area contributed by atoms with Crippen molar-refractivity contribution in [3.05, 3.63) is 60.0 Å². The van der Waals surface area contributed by atoms with Gasteiger partial charge in [-0.1, -0.05) is 25.1 Å². The van der Waals surface area contributed by atoms with Gasteiger partial charge in [0.05, 0.1) is 18.9 Å². The predicted molar refractivity (Wildman–Crippen MR) is 117 cm³/mol. The number of allylic oxidation sites excluding steroid dienone is 2. The molecule has 1 aromatic carbocycles. The van der Waals surface area contributed by atoms with Gasteiger partial charge in [0.1, 0.15) is 11.6 Å². The van der Waals surface area contributed by atoms with E-state index in [9.17, 15) is 14.9 Å². The highest BCUT2D eigenvalue weighted by Crippen LogP contribution is 2.38. The summed E-state index contributed by atoms with van der Waals surface area (Å²) in [7, 11) is 0. The molecule has 0 amide bonds. The van der Waals surface area contributed by atoms with Crippen molar-refractivity contribution < 1.29 is 23.8 Å². The molecule has 164 valence electrons. The van der Waals surface area contributed by atoms with Crippen LogP contribution in [0.1, 0.15) is 39.5 Å². The number of nitrogens with zero attached hydrogens (tertiary/aromatic N) is 2. The second-order valence-electron chi connectivity index (χ2n) is 6.97. The Balaban J connectivity index is 1.95. The minimum atomic E-state index is -0.656. The molecule has 0 saturated heterocycles. The number of hydrogen-bond donors (Lipinski definition) is 0. The first-order chi connectivity index (χ1) is 15.0. The molecule has 7 heteroatoms. The minimum Gasteiger partial charge on any atom is -0.462 e. The molecule has 0 saturated carbocycles. The Kier molecular flexibility index (Phi) is 9.37. The van der Waals surface area contributed by atoms with Crippen LogP contribution in [0, 0.1) is 11.3 Å². The number of nitriles is 1. The van der Waals surface area contributed by atoms with E-state index in [-0.39, 0.29) is 18.1 Å². The van der Waals surface area contributed by atoms with E-state index in [0.717, 1.165) is 37.1 Å².